The highest BCUT2D eigenvalue weighted by molar-refractivity contribution is 5.72. The summed E-state index contributed by atoms with van der Waals surface area (Å²) in [5, 5.41) is 18.9. The van der Waals surface area contributed by atoms with Crippen LogP contribution in [0.2, 0.25) is 0 Å². The van der Waals surface area contributed by atoms with Crippen molar-refractivity contribution in [3.8, 4) is 17.2 Å². The molecule has 0 aromatic heterocycles. The summed E-state index contributed by atoms with van der Waals surface area (Å²) in [5.41, 5.74) is 3.08. The molecular weight excluding hydrogens is 210 g/mol. The Morgan fingerprint density at radius 3 is 2.35 bits per heavy atom. The summed E-state index contributed by atoms with van der Waals surface area (Å²) >= 11 is 0. The summed E-state index contributed by atoms with van der Waals surface area (Å²) in [5.74, 6) is 0. The van der Waals surface area contributed by atoms with E-state index < -0.39 is 6.10 Å². The van der Waals surface area contributed by atoms with E-state index >= 15 is 0 Å². The van der Waals surface area contributed by atoms with Crippen molar-refractivity contribution >= 4 is 0 Å². The largest absolute Gasteiger partial charge is 0.389 e. The van der Waals surface area contributed by atoms with Crippen LogP contribution in [-0.4, -0.2) is 5.11 Å². The summed E-state index contributed by atoms with van der Waals surface area (Å²) in [6.45, 7) is 1.67. The molecule has 17 heavy (non-hydrogen) atoms. The molecule has 0 heterocycles. The smallest absolute Gasteiger partial charge is 0.100 e. The predicted molar refractivity (Wildman–Crippen MR) is 67.2 cm³/mol. The number of aliphatic hydroxyl groups is 1. The Morgan fingerprint density at radius 1 is 1.06 bits per heavy atom. The van der Waals surface area contributed by atoms with Crippen molar-refractivity contribution in [2.75, 3.05) is 0 Å². The number of hydrogen-bond acceptors (Lipinski definition) is 2. The van der Waals surface area contributed by atoms with E-state index in [1.165, 1.54) is 0 Å². The van der Waals surface area contributed by atoms with Gasteiger partial charge in [0.05, 0.1) is 11.7 Å². The van der Waals surface area contributed by atoms with Crippen LogP contribution in [0.3, 0.4) is 0 Å². The molecule has 0 radical (unpaired) electrons. The van der Waals surface area contributed by atoms with Gasteiger partial charge in [0.1, 0.15) is 6.07 Å². The first-order chi connectivity index (χ1) is 8.24. The summed E-state index contributed by atoms with van der Waals surface area (Å²) in [4.78, 5) is 0. The molecule has 0 aliphatic carbocycles. The number of rotatable bonds is 2. The van der Waals surface area contributed by atoms with Gasteiger partial charge in [0, 0.05) is 0 Å². The normalized spacial score (nSPS) is 11.8. The van der Waals surface area contributed by atoms with Crippen molar-refractivity contribution in [2.24, 2.45) is 0 Å². The van der Waals surface area contributed by atoms with Crippen LogP contribution in [0.5, 0.6) is 0 Å². The first kappa shape index (κ1) is 11.4. The average molecular weight is 223 g/mol. The van der Waals surface area contributed by atoms with Crippen molar-refractivity contribution in [1.29, 1.82) is 5.26 Å². The molecule has 0 saturated carbocycles. The van der Waals surface area contributed by atoms with Crippen LogP contribution >= 0.6 is 0 Å². The summed E-state index contributed by atoms with van der Waals surface area (Å²) in [6, 6.07) is 17.5. The molecular formula is C15H13NO. The minimum atomic E-state index is -0.631. The molecule has 2 nitrogen and oxygen atoms in total. The van der Waals surface area contributed by atoms with Gasteiger partial charge in [-0.2, -0.15) is 5.26 Å². The third kappa shape index (κ3) is 2.20. The van der Waals surface area contributed by atoms with Gasteiger partial charge >= 0.3 is 0 Å². The lowest BCUT2D eigenvalue weighted by Gasteiger charge is -2.11. The second kappa shape index (κ2) is 4.82. The van der Waals surface area contributed by atoms with Gasteiger partial charge in [-0.3, -0.25) is 0 Å². The Balaban J connectivity index is 2.64. The number of benzene rings is 2. The first-order valence-electron chi connectivity index (χ1n) is 5.50. The number of nitriles is 1. The topological polar surface area (TPSA) is 44.0 Å². The van der Waals surface area contributed by atoms with Crippen LogP contribution < -0.4 is 0 Å². The van der Waals surface area contributed by atoms with Crippen LogP contribution in [0.1, 0.15) is 24.2 Å². The van der Waals surface area contributed by atoms with E-state index in [9.17, 15) is 10.4 Å². The van der Waals surface area contributed by atoms with Crippen LogP contribution in [0, 0.1) is 11.3 Å². The summed E-state index contributed by atoms with van der Waals surface area (Å²) < 4.78 is 0. The Labute approximate surface area is 101 Å². The lowest BCUT2D eigenvalue weighted by molar-refractivity contribution is 0.199. The zero-order valence-electron chi connectivity index (χ0n) is 9.59. The molecule has 1 N–H and O–H groups in total. The van der Waals surface area contributed by atoms with Gasteiger partial charge in [-0.15, -0.1) is 0 Å². The van der Waals surface area contributed by atoms with Crippen molar-refractivity contribution in [1.82, 2.24) is 0 Å². The van der Waals surface area contributed by atoms with Gasteiger partial charge in [0.25, 0.3) is 0 Å². The zero-order valence-corrected chi connectivity index (χ0v) is 9.59. The van der Waals surface area contributed by atoms with E-state index in [2.05, 4.69) is 6.07 Å². The van der Waals surface area contributed by atoms with Gasteiger partial charge in [-0.1, -0.05) is 48.5 Å². The van der Waals surface area contributed by atoms with Crippen molar-refractivity contribution in [3.05, 3.63) is 59.7 Å². The van der Waals surface area contributed by atoms with Gasteiger partial charge in [-0.25, -0.2) is 0 Å². The Kier molecular flexibility index (Phi) is 3.22. The second-order valence-corrected chi connectivity index (χ2v) is 3.92. The Morgan fingerprint density at radius 2 is 1.76 bits per heavy atom. The number of nitrogens with zero attached hydrogens (tertiary/aromatic N) is 1. The monoisotopic (exact) mass is 223 g/mol. The van der Waals surface area contributed by atoms with Crippen molar-refractivity contribution in [3.63, 3.8) is 0 Å². The van der Waals surface area contributed by atoms with Gasteiger partial charge in [0.15, 0.2) is 0 Å². The third-order valence-corrected chi connectivity index (χ3v) is 2.74. The molecule has 0 aliphatic rings. The molecule has 0 fully saturated rings. The SMILES string of the molecule is CC(O)c1cccc(-c2ccccc2)c1C#N. The fourth-order valence-corrected chi connectivity index (χ4v) is 1.90. The molecule has 2 heteroatoms. The molecule has 2 aromatic rings. The average Bonchev–Trinajstić information content (AvgIpc) is 2.38. The molecule has 0 aliphatic heterocycles. The van der Waals surface area contributed by atoms with Crippen LogP contribution in [0.4, 0.5) is 0 Å². The van der Waals surface area contributed by atoms with E-state index in [0.29, 0.717) is 11.1 Å². The maximum absolute atomic E-state index is 9.66. The lowest BCUT2D eigenvalue weighted by Crippen LogP contribution is -1.97. The van der Waals surface area contributed by atoms with Crippen molar-refractivity contribution < 1.29 is 5.11 Å². The molecule has 0 saturated heterocycles. The molecule has 1 unspecified atom stereocenters. The van der Waals surface area contributed by atoms with E-state index in [1.807, 2.05) is 42.5 Å². The number of aliphatic hydroxyl groups excluding tert-OH is 1. The Hall–Kier alpha value is -2.11. The van der Waals surface area contributed by atoms with Crippen LogP contribution in [0.25, 0.3) is 11.1 Å². The van der Waals surface area contributed by atoms with Gasteiger partial charge in [-0.05, 0) is 23.6 Å². The van der Waals surface area contributed by atoms with E-state index in [-0.39, 0.29) is 0 Å². The van der Waals surface area contributed by atoms with Gasteiger partial charge in [0.2, 0.25) is 0 Å². The highest BCUT2D eigenvalue weighted by Gasteiger charge is 2.12. The zero-order chi connectivity index (χ0) is 12.3. The maximum atomic E-state index is 9.66. The van der Waals surface area contributed by atoms with Crippen LogP contribution in [-0.2, 0) is 0 Å². The molecule has 2 rings (SSSR count). The van der Waals surface area contributed by atoms with Gasteiger partial charge < -0.3 is 5.11 Å². The highest BCUT2D eigenvalue weighted by atomic mass is 16.3. The van der Waals surface area contributed by atoms with E-state index in [1.54, 1.807) is 13.0 Å². The lowest BCUT2D eigenvalue weighted by atomic mass is 9.94. The summed E-state index contributed by atoms with van der Waals surface area (Å²) in [7, 11) is 0. The quantitative estimate of drug-likeness (QED) is 0.849. The fraction of sp³-hybridized carbons (Fsp3) is 0.133. The summed E-state index contributed by atoms with van der Waals surface area (Å²) in [6.07, 6.45) is -0.631. The minimum absolute atomic E-state index is 0.550. The molecule has 2 aromatic carbocycles. The molecule has 0 bridgehead atoms. The van der Waals surface area contributed by atoms with E-state index in [0.717, 1.165) is 11.1 Å². The number of hydrogen-bond donors (Lipinski definition) is 1. The van der Waals surface area contributed by atoms with Crippen molar-refractivity contribution in [2.45, 2.75) is 13.0 Å². The molecule has 84 valence electrons. The minimum Gasteiger partial charge on any atom is -0.389 e. The second-order valence-electron chi connectivity index (χ2n) is 3.92. The Bertz CT molecular complexity index is 553. The van der Waals surface area contributed by atoms with E-state index in [4.69, 9.17) is 0 Å². The fourth-order valence-electron chi connectivity index (χ4n) is 1.90. The van der Waals surface area contributed by atoms with Crippen LogP contribution in [0.15, 0.2) is 48.5 Å². The predicted octanol–water partition coefficient (Wildman–Crippen LogP) is 3.28. The molecule has 0 amide bonds. The first-order valence-corrected chi connectivity index (χ1v) is 5.50. The maximum Gasteiger partial charge on any atom is 0.100 e. The molecule has 1 atom stereocenters. The molecule has 0 spiro atoms. The highest BCUT2D eigenvalue weighted by Crippen LogP contribution is 2.28. The third-order valence-electron chi connectivity index (χ3n) is 2.74. The standard InChI is InChI=1S/C15H13NO/c1-11(17)13-8-5-9-14(15(13)10-16)12-6-3-2-4-7-12/h2-9,11,17H,1H3.